The van der Waals surface area contributed by atoms with Gasteiger partial charge in [-0.05, 0) is 52.4 Å². The van der Waals surface area contributed by atoms with Gasteiger partial charge < -0.3 is 0 Å². The lowest BCUT2D eigenvalue weighted by Gasteiger charge is -2.02. The Labute approximate surface area is 133 Å². The molecule has 1 aromatic heterocycles. The van der Waals surface area contributed by atoms with Gasteiger partial charge in [-0.25, -0.2) is 18.4 Å². The quantitative estimate of drug-likeness (QED) is 0.629. The summed E-state index contributed by atoms with van der Waals surface area (Å²) in [5, 5.41) is 4.34. The molecule has 0 saturated heterocycles. The highest BCUT2D eigenvalue weighted by atomic mass is 127. The van der Waals surface area contributed by atoms with E-state index < -0.39 is 11.6 Å². The zero-order chi connectivity index (χ0) is 14.8. The molecule has 106 valence electrons. The number of halogens is 3. The van der Waals surface area contributed by atoms with Crippen molar-refractivity contribution in [3.8, 4) is 11.4 Å². The van der Waals surface area contributed by atoms with Crippen LogP contribution in [0.4, 0.5) is 8.78 Å². The van der Waals surface area contributed by atoms with E-state index in [0.717, 1.165) is 15.2 Å². The first-order valence-corrected chi connectivity index (χ1v) is 7.29. The maximum atomic E-state index is 13.2. The number of aromatic nitrogens is 3. The standard InChI is InChI=1S/C15H10F2IN3/c16-13-6-1-10(7-14(13)17)8-21-9-19-15(20-21)11-2-4-12(18)5-3-11/h1-7,9H,8H2. The molecule has 0 N–H and O–H groups in total. The van der Waals surface area contributed by atoms with Gasteiger partial charge in [0.05, 0.1) is 6.54 Å². The summed E-state index contributed by atoms with van der Waals surface area (Å²) >= 11 is 2.23. The zero-order valence-electron chi connectivity index (χ0n) is 10.8. The Morgan fingerprint density at radius 3 is 2.48 bits per heavy atom. The maximum absolute atomic E-state index is 13.2. The van der Waals surface area contributed by atoms with Gasteiger partial charge in [-0.1, -0.05) is 18.2 Å². The molecule has 3 aromatic rings. The normalized spacial score (nSPS) is 10.8. The van der Waals surface area contributed by atoms with Gasteiger partial charge in [-0.3, -0.25) is 0 Å². The molecule has 21 heavy (non-hydrogen) atoms. The Hall–Kier alpha value is -1.83. The third kappa shape index (κ3) is 3.26. The lowest BCUT2D eigenvalue weighted by molar-refractivity contribution is 0.506. The molecule has 0 fully saturated rings. The molecule has 0 unspecified atom stereocenters. The second-order valence-corrected chi connectivity index (χ2v) is 5.77. The third-order valence-corrected chi connectivity index (χ3v) is 3.69. The van der Waals surface area contributed by atoms with Crippen molar-refractivity contribution < 1.29 is 8.78 Å². The Morgan fingerprint density at radius 2 is 1.76 bits per heavy atom. The summed E-state index contributed by atoms with van der Waals surface area (Å²) in [4.78, 5) is 4.23. The highest BCUT2D eigenvalue weighted by Gasteiger charge is 2.06. The van der Waals surface area contributed by atoms with E-state index in [1.165, 1.54) is 12.1 Å². The average Bonchev–Trinajstić information content (AvgIpc) is 2.92. The number of rotatable bonds is 3. The minimum absolute atomic E-state index is 0.342. The molecule has 2 aromatic carbocycles. The predicted octanol–water partition coefficient (Wildman–Crippen LogP) is 3.88. The van der Waals surface area contributed by atoms with Gasteiger partial charge in [-0.15, -0.1) is 0 Å². The van der Waals surface area contributed by atoms with Crippen LogP contribution in [-0.2, 0) is 6.54 Å². The van der Waals surface area contributed by atoms with Crippen LogP contribution in [0.2, 0.25) is 0 Å². The Balaban J connectivity index is 1.81. The zero-order valence-corrected chi connectivity index (χ0v) is 13.0. The molecule has 0 bridgehead atoms. The Bertz CT molecular complexity index is 769. The van der Waals surface area contributed by atoms with Crippen molar-refractivity contribution in [1.82, 2.24) is 14.8 Å². The largest absolute Gasteiger partial charge is 0.248 e. The fourth-order valence-corrected chi connectivity index (χ4v) is 2.29. The van der Waals surface area contributed by atoms with Gasteiger partial charge in [0, 0.05) is 9.13 Å². The van der Waals surface area contributed by atoms with E-state index in [1.807, 2.05) is 24.3 Å². The van der Waals surface area contributed by atoms with Crippen molar-refractivity contribution in [1.29, 1.82) is 0 Å². The SMILES string of the molecule is Fc1ccc(Cn2cnc(-c3ccc(I)cc3)n2)cc1F. The smallest absolute Gasteiger partial charge is 0.181 e. The fourth-order valence-electron chi connectivity index (χ4n) is 1.93. The van der Waals surface area contributed by atoms with Crippen molar-refractivity contribution in [3.63, 3.8) is 0 Å². The molecule has 3 nitrogen and oxygen atoms in total. The van der Waals surface area contributed by atoms with Gasteiger partial charge >= 0.3 is 0 Å². The second-order valence-electron chi connectivity index (χ2n) is 4.52. The highest BCUT2D eigenvalue weighted by molar-refractivity contribution is 14.1. The summed E-state index contributed by atoms with van der Waals surface area (Å²) in [5.41, 5.74) is 1.55. The summed E-state index contributed by atoms with van der Waals surface area (Å²) in [6.45, 7) is 0.342. The Kier molecular flexibility index (Phi) is 3.96. The predicted molar refractivity (Wildman–Crippen MR) is 83.6 cm³/mol. The van der Waals surface area contributed by atoms with E-state index in [2.05, 4.69) is 32.7 Å². The Morgan fingerprint density at radius 1 is 1.00 bits per heavy atom. The van der Waals surface area contributed by atoms with Gasteiger partial charge in [0.1, 0.15) is 6.33 Å². The first-order valence-electron chi connectivity index (χ1n) is 6.21. The van der Waals surface area contributed by atoms with E-state index in [4.69, 9.17) is 0 Å². The summed E-state index contributed by atoms with van der Waals surface area (Å²) in [6.07, 6.45) is 1.58. The van der Waals surface area contributed by atoms with Crippen molar-refractivity contribution in [2.45, 2.75) is 6.54 Å². The third-order valence-electron chi connectivity index (χ3n) is 2.97. The summed E-state index contributed by atoms with van der Waals surface area (Å²) < 4.78 is 28.8. The highest BCUT2D eigenvalue weighted by Crippen LogP contribution is 2.16. The van der Waals surface area contributed by atoms with Crippen LogP contribution in [0.15, 0.2) is 48.8 Å². The average molecular weight is 397 g/mol. The molecule has 0 spiro atoms. The van der Waals surface area contributed by atoms with Crippen molar-refractivity contribution >= 4 is 22.6 Å². The van der Waals surface area contributed by atoms with Crippen LogP contribution < -0.4 is 0 Å². The van der Waals surface area contributed by atoms with Crippen LogP contribution in [0.5, 0.6) is 0 Å². The molecule has 0 aliphatic heterocycles. The molecule has 6 heteroatoms. The number of hydrogen-bond donors (Lipinski definition) is 0. The van der Waals surface area contributed by atoms with E-state index in [-0.39, 0.29) is 0 Å². The van der Waals surface area contributed by atoms with E-state index in [0.29, 0.717) is 17.9 Å². The second kappa shape index (κ2) is 5.88. The van der Waals surface area contributed by atoms with Crippen LogP contribution in [0.25, 0.3) is 11.4 Å². The lowest BCUT2D eigenvalue weighted by atomic mass is 10.2. The molecule has 0 saturated carbocycles. The fraction of sp³-hybridized carbons (Fsp3) is 0.0667. The minimum atomic E-state index is -0.856. The van der Waals surface area contributed by atoms with Crippen LogP contribution in [-0.4, -0.2) is 14.8 Å². The minimum Gasteiger partial charge on any atom is -0.248 e. The summed E-state index contributed by atoms with van der Waals surface area (Å²) in [6, 6.07) is 11.7. The topological polar surface area (TPSA) is 30.7 Å². The van der Waals surface area contributed by atoms with Crippen molar-refractivity contribution in [2.75, 3.05) is 0 Å². The van der Waals surface area contributed by atoms with E-state index in [9.17, 15) is 8.78 Å². The lowest BCUT2D eigenvalue weighted by Crippen LogP contribution is -2.01. The molecule has 3 rings (SSSR count). The maximum Gasteiger partial charge on any atom is 0.181 e. The van der Waals surface area contributed by atoms with Gasteiger partial charge in [0.15, 0.2) is 17.5 Å². The van der Waals surface area contributed by atoms with Gasteiger partial charge in [-0.2, -0.15) is 5.10 Å². The number of benzene rings is 2. The van der Waals surface area contributed by atoms with Crippen molar-refractivity contribution in [3.05, 3.63) is 69.6 Å². The molecule has 1 heterocycles. The molecule has 0 atom stereocenters. The van der Waals surface area contributed by atoms with E-state index >= 15 is 0 Å². The first kappa shape index (κ1) is 14.1. The summed E-state index contributed by atoms with van der Waals surface area (Å²) in [7, 11) is 0. The molecule has 0 amide bonds. The van der Waals surface area contributed by atoms with Crippen LogP contribution in [0.3, 0.4) is 0 Å². The van der Waals surface area contributed by atoms with Crippen LogP contribution >= 0.6 is 22.6 Å². The van der Waals surface area contributed by atoms with Crippen LogP contribution in [0, 0.1) is 15.2 Å². The molecule has 0 radical (unpaired) electrons. The monoisotopic (exact) mass is 397 g/mol. The molecule has 0 aliphatic carbocycles. The molecule has 0 aliphatic rings. The van der Waals surface area contributed by atoms with E-state index in [1.54, 1.807) is 11.0 Å². The van der Waals surface area contributed by atoms with Crippen molar-refractivity contribution in [2.24, 2.45) is 0 Å². The number of nitrogens with zero attached hydrogens (tertiary/aromatic N) is 3. The first-order chi connectivity index (χ1) is 10.1. The molecular formula is C15H10F2IN3. The summed E-state index contributed by atoms with van der Waals surface area (Å²) in [5.74, 6) is -1.10. The van der Waals surface area contributed by atoms with Gasteiger partial charge in [0.25, 0.3) is 0 Å². The van der Waals surface area contributed by atoms with Gasteiger partial charge in [0.2, 0.25) is 0 Å². The number of hydrogen-bond acceptors (Lipinski definition) is 2. The van der Waals surface area contributed by atoms with Crippen LogP contribution in [0.1, 0.15) is 5.56 Å². The molecular weight excluding hydrogens is 387 g/mol.